The third-order valence-corrected chi connectivity index (χ3v) is 4.27. The Balaban J connectivity index is 2.16. The van der Waals surface area contributed by atoms with E-state index in [9.17, 15) is 14.3 Å². The molecule has 0 aliphatic carbocycles. The molecule has 0 unspecified atom stereocenters. The number of halogens is 2. The monoisotopic (exact) mass is 328 g/mol. The van der Waals surface area contributed by atoms with Crippen molar-refractivity contribution in [2.24, 2.45) is 11.8 Å². The molecular formula is C16H22ClFN2O2. The van der Waals surface area contributed by atoms with Gasteiger partial charge in [-0.05, 0) is 50.6 Å². The number of piperidine rings is 1. The fourth-order valence-electron chi connectivity index (χ4n) is 3.10. The highest BCUT2D eigenvalue weighted by Crippen LogP contribution is 2.26. The number of likely N-dealkylation sites (tertiary alicyclic amines) is 1. The molecule has 1 saturated heterocycles. The zero-order valence-electron chi connectivity index (χ0n) is 12.9. The quantitative estimate of drug-likeness (QED) is 0.920. The Bertz CT molecular complexity index is 539. The lowest BCUT2D eigenvalue weighted by Crippen LogP contribution is -2.47. The van der Waals surface area contributed by atoms with Gasteiger partial charge in [-0.15, -0.1) is 0 Å². The molecule has 2 atom stereocenters. The molecule has 1 heterocycles. The van der Waals surface area contributed by atoms with Crippen molar-refractivity contribution in [2.75, 3.05) is 40.3 Å². The Morgan fingerprint density at radius 2 is 2.09 bits per heavy atom. The molecule has 1 fully saturated rings. The number of rotatable bonds is 4. The molecule has 1 aromatic carbocycles. The second kappa shape index (κ2) is 7.40. The van der Waals surface area contributed by atoms with Crippen LogP contribution in [0.4, 0.5) is 4.39 Å². The molecule has 6 heteroatoms. The first-order chi connectivity index (χ1) is 10.4. The minimum Gasteiger partial charge on any atom is -0.396 e. The Labute approximate surface area is 135 Å². The zero-order chi connectivity index (χ0) is 16.3. The van der Waals surface area contributed by atoms with Gasteiger partial charge in [-0.2, -0.15) is 0 Å². The average molecular weight is 329 g/mol. The molecule has 1 amide bonds. The molecule has 0 bridgehead atoms. The maximum Gasteiger partial charge on any atom is 0.255 e. The minimum atomic E-state index is -0.459. The number of carbonyl (C=O) groups excluding carboxylic acids is 1. The number of hydrogen-bond donors (Lipinski definition) is 1. The number of hydrogen-bond acceptors (Lipinski definition) is 3. The average Bonchev–Trinajstić information content (AvgIpc) is 2.45. The topological polar surface area (TPSA) is 43.8 Å². The summed E-state index contributed by atoms with van der Waals surface area (Å²) in [5.41, 5.74) is 0.310. The summed E-state index contributed by atoms with van der Waals surface area (Å²) in [7, 11) is 3.98. The van der Waals surface area contributed by atoms with Crippen LogP contribution in [-0.4, -0.2) is 61.2 Å². The molecule has 2 rings (SSSR count). The van der Waals surface area contributed by atoms with Crippen LogP contribution in [0.15, 0.2) is 18.2 Å². The molecule has 4 nitrogen and oxygen atoms in total. The molecule has 22 heavy (non-hydrogen) atoms. The molecule has 0 saturated carbocycles. The number of aliphatic hydroxyl groups excluding tert-OH is 1. The van der Waals surface area contributed by atoms with Gasteiger partial charge in [-0.1, -0.05) is 11.6 Å². The van der Waals surface area contributed by atoms with Crippen LogP contribution in [-0.2, 0) is 0 Å². The summed E-state index contributed by atoms with van der Waals surface area (Å²) in [5.74, 6) is -0.281. The summed E-state index contributed by atoms with van der Waals surface area (Å²) in [6.45, 7) is 2.05. The van der Waals surface area contributed by atoms with Crippen molar-refractivity contribution in [3.8, 4) is 0 Å². The van der Waals surface area contributed by atoms with Gasteiger partial charge in [0.2, 0.25) is 0 Å². The van der Waals surface area contributed by atoms with Crippen LogP contribution in [0.25, 0.3) is 0 Å². The van der Waals surface area contributed by atoms with Crippen molar-refractivity contribution in [2.45, 2.75) is 6.42 Å². The van der Waals surface area contributed by atoms with Crippen molar-refractivity contribution in [1.82, 2.24) is 9.80 Å². The molecule has 1 aromatic rings. The van der Waals surface area contributed by atoms with E-state index in [4.69, 9.17) is 11.6 Å². The molecule has 1 aliphatic rings. The fourth-order valence-corrected chi connectivity index (χ4v) is 3.35. The lowest BCUT2D eigenvalue weighted by molar-refractivity contribution is 0.0478. The largest absolute Gasteiger partial charge is 0.396 e. The second-order valence-corrected chi connectivity index (χ2v) is 6.65. The van der Waals surface area contributed by atoms with Crippen LogP contribution in [0.1, 0.15) is 16.8 Å². The Hall–Kier alpha value is -1.17. The van der Waals surface area contributed by atoms with Crippen molar-refractivity contribution in [3.63, 3.8) is 0 Å². The Morgan fingerprint density at radius 1 is 1.41 bits per heavy atom. The summed E-state index contributed by atoms with van der Waals surface area (Å²) in [5, 5.41) is 9.60. The normalized spacial score (nSPS) is 22.2. The molecule has 122 valence electrons. The summed E-state index contributed by atoms with van der Waals surface area (Å²) in [6, 6.07) is 3.81. The van der Waals surface area contributed by atoms with E-state index in [0.717, 1.165) is 19.0 Å². The van der Waals surface area contributed by atoms with Crippen molar-refractivity contribution >= 4 is 17.5 Å². The van der Waals surface area contributed by atoms with Gasteiger partial charge in [0.05, 0.1) is 10.6 Å². The van der Waals surface area contributed by atoms with E-state index in [1.165, 1.54) is 12.1 Å². The van der Waals surface area contributed by atoms with E-state index in [1.54, 1.807) is 4.90 Å². The highest BCUT2D eigenvalue weighted by molar-refractivity contribution is 6.33. The summed E-state index contributed by atoms with van der Waals surface area (Å²) < 4.78 is 13.1. The van der Waals surface area contributed by atoms with Crippen LogP contribution in [0, 0.1) is 17.7 Å². The van der Waals surface area contributed by atoms with Crippen LogP contribution in [0.5, 0.6) is 0 Å². The van der Waals surface area contributed by atoms with Crippen LogP contribution in [0.2, 0.25) is 5.02 Å². The molecule has 1 N–H and O–H groups in total. The lowest BCUT2D eigenvalue weighted by Gasteiger charge is -2.38. The van der Waals surface area contributed by atoms with E-state index in [1.807, 2.05) is 14.1 Å². The molecule has 0 aromatic heterocycles. The van der Waals surface area contributed by atoms with E-state index in [0.29, 0.717) is 24.6 Å². The van der Waals surface area contributed by atoms with Gasteiger partial charge in [0.25, 0.3) is 5.91 Å². The standard InChI is InChI=1S/C16H22ClFN2O2/c1-19(2)7-11-5-12(10-21)9-20(8-11)16(22)14-4-3-13(18)6-15(14)17/h3-4,6,11-12,21H,5,7-10H2,1-2H3/t11-,12-/m1/s1. The Kier molecular flexibility index (Phi) is 5.78. The molecule has 0 radical (unpaired) electrons. The third kappa shape index (κ3) is 4.18. The first-order valence-electron chi connectivity index (χ1n) is 7.40. The van der Waals surface area contributed by atoms with Crippen LogP contribution in [0.3, 0.4) is 0 Å². The smallest absolute Gasteiger partial charge is 0.255 e. The highest BCUT2D eigenvalue weighted by atomic mass is 35.5. The summed E-state index contributed by atoms with van der Waals surface area (Å²) >= 11 is 5.99. The third-order valence-electron chi connectivity index (χ3n) is 3.95. The second-order valence-electron chi connectivity index (χ2n) is 6.25. The fraction of sp³-hybridized carbons (Fsp3) is 0.562. The van der Waals surface area contributed by atoms with Crippen LogP contribution < -0.4 is 0 Å². The minimum absolute atomic E-state index is 0.0604. The van der Waals surface area contributed by atoms with Gasteiger partial charge in [0.15, 0.2) is 0 Å². The van der Waals surface area contributed by atoms with Gasteiger partial charge < -0.3 is 14.9 Å². The van der Waals surface area contributed by atoms with E-state index in [-0.39, 0.29) is 23.5 Å². The lowest BCUT2D eigenvalue weighted by atomic mass is 9.89. The van der Waals surface area contributed by atoms with Crippen molar-refractivity contribution in [1.29, 1.82) is 0 Å². The van der Waals surface area contributed by atoms with Gasteiger partial charge >= 0.3 is 0 Å². The van der Waals surface area contributed by atoms with Crippen molar-refractivity contribution < 1.29 is 14.3 Å². The first-order valence-corrected chi connectivity index (χ1v) is 7.78. The Morgan fingerprint density at radius 3 is 2.68 bits per heavy atom. The van der Waals surface area contributed by atoms with Crippen LogP contribution >= 0.6 is 11.6 Å². The van der Waals surface area contributed by atoms with E-state index in [2.05, 4.69) is 4.90 Å². The molecular weight excluding hydrogens is 307 g/mol. The number of benzene rings is 1. The maximum atomic E-state index is 13.1. The SMILES string of the molecule is CN(C)C[C@H]1C[C@@H](CO)CN(C(=O)c2ccc(F)cc2Cl)C1. The van der Waals surface area contributed by atoms with Gasteiger partial charge in [0, 0.05) is 26.2 Å². The number of aliphatic hydroxyl groups is 1. The van der Waals surface area contributed by atoms with Gasteiger partial charge in [0.1, 0.15) is 5.82 Å². The van der Waals surface area contributed by atoms with E-state index >= 15 is 0 Å². The first kappa shape index (κ1) is 17.2. The number of amides is 1. The maximum absolute atomic E-state index is 13.1. The van der Waals surface area contributed by atoms with E-state index < -0.39 is 5.82 Å². The predicted molar refractivity (Wildman–Crippen MR) is 84.6 cm³/mol. The highest BCUT2D eigenvalue weighted by Gasteiger charge is 2.31. The van der Waals surface area contributed by atoms with Crippen molar-refractivity contribution in [3.05, 3.63) is 34.6 Å². The molecule has 1 aliphatic heterocycles. The van der Waals surface area contributed by atoms with Gasteiger partial charge in [-0.3, -0.25) is 4.79 Å². The predicted octanol–water partition coefficient (Wildman–Crippen LogP) is 2.11. The summed E-state index contributed by atoms with van der Waals surface area (Å²) in [6.07, 6.45) is 0.898. The number of carbonyl (C=O) groups is 1. The van der Waals surface area contributed by atoms with Gasteiger partial charge in [-0.25, -0.2) is 4.39 Å². The number of nitrogens with zero attached hydrogens (tertiary/aromatic N) is 2. The molecule has 0 spiro atoms. The summed E-state index contributed by atoms with van der Waals surface area (Å²) in [4.78, 5) is 16.4. The zero-order valence-corrected chi connectivity index (χ0v) is 13.7.